The molecule has 2 aromatic carbocycles. The van der Waals surface area contributed by atoms with E-state index in [0.29, 0.717) is 88.8 Å². The number of aryl methyl sites for hydroxylation is 1. The quantitative estimate of drug-likeness (QED) is 0.0136. The SMILES string of the molecule is CC(C)(C)OC(=O)CN1CCN(CC(=O)NCCNC(=O)c2cccc(OCc3cn(CCCC[C@@H]4NC(=O)[C@@H](Cc5ccccc5)NC(=O)[C@H](CC(=O)O)NC(=O)CNC(=O)[C@H](CCCN=C(N)N)NC4=O)nn3)c2)CCN(CC(=O)OC(C)(C)C)CCN(CC(=O)OC(C)(C)C)CC1. The van der Waals surface area contributed by atoms with Crippen LogP contribution in [0, 0.1) is 0 Å². The van der Waals surface area contributed by atoms with Crippen LogP contribution in [0.15, 0.2) is 65.8 Å². The van der Waals surface area contributed by atoms with Crippen LogP contribution in [0.5, 0.6) is 5.75 Å². The maximum atomic E-state index is 14.2. The zero-order valence-electron chi connectivity index (χ0n) is 59.1. The van der Waals surface area contributed by atoms with Gasteiger partial charge in [-0.3, -0.25) is 82.0 Å². The van der Waals surface area contributed by atoms with Crippen molar-refractivity contribution in [3.63, 3.8) is 0 Å². The third-order valence-electron chi connectivity index (χ3n) is 15.1. The molecule has 2 aliphatic rings. The number of aromatic nitrogens is 3. The van der Waals surface area contributed by atoms with Gasteiger partial charge < -0.3 is 72.7 Å². The number of nitrogens with one attached hydrogen (secondary N) is 7. The molecule has 0 radical (unpaired) electrons. The minimum atomic E-state index is -1.64. The first-order valence-corrected chi connectivity index (χ1v) is 33.6. The van der Waals surface area contributed by atoms with Crippen molar-refractivity contribution >= 4 is 71.2 Å². The molecule has 7 amide bonds. The lowest BCUT2D eigenvalue weighted by Gasteiger charge is -2.34. The van der Waals surface area contributed by atoms with Gasteiger partial charge in [-0.25, -0.2) is 0 Å². The van der Waals surface area contributed by atoms with Crippen LogP contribution in [0.2, 0.25) is 0 Å². The van der Waals surface area contributed by atoms with E-state index >= 15 is 0 Å². The predicted molar refractivity (Wildman–Crippen MR) is 366 cm³/mol. The molecule has 2 fully saturated rings. The second kappa shape index (κ2) is 40.0. The van der Waals surface area contributed by atoms with Gasteiger partial charge in [0.15, 0.2) is 5.96 Å². The Morgan fingerprint density at radius 2 is 1.10 bits per heavy atom. The van der Waals surface area contributed by atoms with Crippen LogP contribution in [0.3, 0.4) is 0 Å². The topological polar surface area (TPSA) is 437 Å². The highest BCUT2D eigenvalue weighted by atomic mass is 16.6. The number of carbonyl (C=O) groups excluding carboxylic acids is 10. The molecule has 0 aliphatic carbocycles. The average Bonchev–Trinajstić information content (AvgIpc) is 1.23. The van der Waals surface area contributed by atoms with E-state index in [9.17, 15) is 57.8 Å². The van der Waals surface area contributed by atoms with Gasteiger partial charge >= 0.3 is 23.9 Å². The van der Waals surface area contributed by atoms with Crippen LogP contribution in [0.25, 0.3) is 0 Å². The second-order valence-electron chi connectivity index (χ2n) is 27.5. The summed E-state index contributed by atoms with van der Waals surface area (Å²) in [5.74, 6) is -7.41. The first-order valence-electron chi connectivity index (χ1n) is 33.6. The van der Waals surface area contributed by atoms with Gasteiger partial charge in [-0.2, -0.15) is 0 Å². The molecule has 2 aliphatic heterocycles. The molecule has 2 saturated heterocycles. The maximum absolute atomic E-state index is 14.2. The average molecular weight is 1400 g/mol. The highest BCUT2D eigenvalue weighted by molar-refractivity contribution is 5.98. The summed E-state index contributed by atoms with van der Waals surface area (Å²) in [5, 5.41) is 36.5. The number of amides is 7. The summed E-state index contributed by atoms with van der Waals surface area (Å²) in [7, 11) is 0. The number of unbranched alkanes of at least 4 members (excludes halogenated alkanes) is 1. The van der Waals surface area contributed by atoms with Crippen molar-refractivity contribution in [1.82, 2.24) is 71.8 Å². The van der Waals surface area contributed by atoms with E-state index in [1.807, 2.05) is 19.6 Å². The molecule has 0 bridgehead atoms. The number of benzene rings is 2. The van der Waals surface area contributed by atoms with Gasteiger partial charge in [-0.05, 0) is 118 Å². The second-order valence-corrected chi connectivity index (χ2v) is 27.5. The van der Waals surface area contributed by atoms with Crippen molar-refractivity contribution in [1.29, 1.82) is 0 Å². The van der Waals surface area contributed by atoms with E-state index in [-0.39, 0.29) is 95.5 Å². The number of hydrogen-bond donors (Lipinski definition) is 10. The molecule has 33 heteroatoms. The minimum Gasteiger partial charge on any atom is -0.487 e. The van der Waals surface area contributed by atoms with Crippen LogP contribution in [0.1, 0.15) is 122 Å². The first-order chi connectivity index (χ1) is 47.1. The van der Waals surface area contributed by atoms with Gasteiger partial charge in [-0.1, -0.05) is 41.6 Å². The van der Waals surface area contributed by atoms with Crippen molar-refractivity contribution in [2.24, 2.45) is 16.5 Å². The number of aliphatic imine (C=N–C) groups is 1. The molecule has 3 aromatic rings. The molecular weight excluding hydrogens is 1300 g/mol. The van der Waals surface area contributed by atoms with E-state index in [2.05, 4.69) is 52.5 Å². The van der Waals surface area contributed by atoms with Crippen molar-refractivity contribution in [3.8, 4) is 5.75 Å². The van der Waals surface area contributed by atoms with E-state index < -0.39 is 113 Å². The van der Waals surface area contributed by atoms with E-state index in [1.165, 1.54) is 0 Å². The van der Waals surface area contributed by atoms with Crippen LogP contribution in [-0.2, 0) is 81.7 Å². The number of guanidine groups is 1. The van der Waals surface area contributed by atoms with E-state index in [4.69, 9.17) is 30.4 Å². The summed E-state index contributed by atoms with van der Waals surface area (Å²) in [6.45, 7) is 18.9. The number of nitrogens with two attached hydrogens (primary N) is 2. The zero-order chi connectivity index (χ0) is 73.6. The number of carboxylic acids is 1. The summed E-state index contributed by atoms with van der Waals surface area (Å²) in [4.78, 5) is 159. The van der Waals surface area contributed by atoms with Crippen LogP contribution < -0.4 is 53.4 Å². The van der Waals surface area contributed by atoms with Gasteiger partial charge in [0.05, 0.1) is 45.3 Å². The number of rotatable bonds is 28. The number of aliphatic carboxylic acids is 1. The number of carboxylic acid groups (broad SMARTS) is 1. The Morgan fingerprint density at radius 3 is 1.64 bits per heavy atom. The van der Waals surface area contributed by atoms with Gasteiger partial charge in [-0.15, -0.1) is 5.10 Å². The minimum absolute atomic E-state index is 0.00698. The molecule has 0 unspecified atom stereocenters. The number of carbonyl (C=O) groups is 11. The van der Waals surface area contributed by atoms with Crippen LogP contribution in [0.4, 0.5) is 0 Å². The Bertz CT molecular complexity index is 3210. The van der Waals surface area contributed by atoms with Gasteiger partial charge in [0.2, 0.25) is 35.4 Å². The molecule has 12 N–H and O–H groups in total. The fraction of sp³-hybridized carbons (Fsp3) is 0.612. The summed E-state index contributed by atoms with van der Waals surface area (Å²) in [6, 6.07) is 9.64. The molecular formula is C67H103N17O16. The summed E-state index contributed by atoms with van der Waals surface area (Å²) in [6.07, 6.45) is 1.74. The van der Waals surface area contributed by atoms with Crippen molar-refractivity contribution in [3.05, 3.63) is 77.6 Å². The molecule has 100 heavy (non-hydrogen) atoms. The van der Waals surface area contributed by atoms with Crippen LogP contribution >= 0.6 is 0 Å². The summed E-state index contributed by atoms with van der Waals surface area (Å²) < 4.78 is 24.6. The van der Waals surface area contributed by atoms with Crippen molar-refractivity contribution < 1.29 is 76.8 Å². The Morgan fingerprint density at radius 1 is 0.600 bits per heavy atom. The standard InChI is InChI=1S/C67H103N17O16/c1-65(2,3)98-56(89)41-81-29-27-80(28-30-82(42-57(90)99-66(4,5)6)32-34-83(33-31-81)43-58(91)100-67(7,8)9)40-54(86)70-24-25-71-59(92)46-19-15-20-48(36-46)97-44-47-39-84(79-78-47)26-14-13-21-50-61(94)75-49(22-16-23-72-64(68)69)60(93)73-38-53(85)74-52(37-55(87)88)63(96)77-51(62(95)76-50)35-45-17-11-10-12-18-45/h10-12,15,17-20,36,39,49-52H,13-14,16,21-35,37-38,40-44H2,1-9H3,(H,70,86)(H,71,92)(H,73,93)(H,74,85)(H,75,94)(H,76,95)(H,77,96)(H,87,88)(H4,68,69,72)/t49-,50-,51+,52-/m0/s1. The molecule has 4 atom stereocenters. The Labute approximate surface area is 583 Å². The Kier molecular flexibility index (Phi) is 32.6. The lowest BCUT2D eigenvalue weighted by Crippen LogP contribution is -2.58. The number of hydrogen-bond acceptors (Lipinski definition) is 22. The Balaban J connectivity index is 1.17. The van der Waals surface area contributed by atoms with Gasteiger partial charge in [0.25, 0.3) is 5.91 Å². The molecule has 33 nitrogen and oxygen atoms in total. The highest BCUT2D eigenvalue weighted by Gasteiger charge is 2.34. The van der Waals surface area contributed by atoms with Crippen LogP contribution in [-0.4, -0.2) is 257 Å². The largest absolute Gasteiger partial charge is 0.487 e. The number of nitrogens with zero attached hydrogens (tertiary/aromatic N) is 8. The maximum Gasteiger partial charge on any atom is 0.320 e. The van der Waals surface area contributed by atoms with Gasteiger partial charge in [0, 0.05) is 90.5 Å². The summed E-state index contributed by atoms with van der Waals surface area (Å²) >= 11 is 0. The third kappa shape index (κ3) is 33.0. The Hall–Kier alpha value is -9.34. The fourth-order valence-electron chi connectivity index (χ4n) is 10.5. The molecule has 0 saturated carbocycles. The normalized spacial score (nSPS) is 18.8. The fourth-order valence-corrected chi connectivity index (χ4v) is 10.5. The third-order valence-corrected chi connectivity index (χ3v) is 15.1. The molecule has 5 rings (SSSR count). The smallest absolute Gasteiger partial charge is 0.320 e. The molecule has 1 aromatic heterocycles. The highest BCUT2D eigenvalue weighted by Crippen LogP contribution is 2.17. The molecule has 3 heterocycles. The van der Waals surface area contributed by atoms with E-state index in [1.54, 1.807) is 128 Å². The lowest BCUT2D eigenvalue weighted by molar-refractivity contribution is -0.158. The monoisotopic (exact) mass is 1400 g/mol. The van der Waals surface area contributed by atoms with Gasteiger partial charge in [0.1, 0.15) is 59.0 Å². The summed E-state index contributed by atoms with van der Waals surface area (Å²) in [5.41, 5.74) is 10.2. The zero-order valence-corrected chi connectivity index (χ0v) is 59.1. The number of esters is 3. The molecule has 552 valence electrons. The van der Waals surface area contributed by atoms with Crippen molar-refractivity contribution in [2.75, 3.05) is 105 Å². The first kappa shape index (κ1) is 81.3. The lowest BCUT2D eigenvalue weighted by atomic mass is 10.0. The van der Waals surface area contributed by atoms with Crippen molar-refractivity contribution in [2.45, 2.75) is 161 Å². The number of ether oxygens (including phenoxy) is 4. The van der Waals surface area contributed by atoms with E-state index in [0.717, 1.165) is 0 Å². The predicted octanol–water partition coefficient (Wildman–Crippen LogP) is -1.04. The molecule has 0 spiro atoms.